The maximum absolute atomic E-state index is 12.8. The second-order valence-corrected chi connectivity index (χ2v) is 10.0. The maximum atomic E-state index is 12.8. The molecular formula is C21H22N2O3S2. The number of hydrogen-bond acceptors (Lipinski definition) is 6. The van der Waals surface area contributed by atoms with Crippen molar-refractivity contribution in [2.75, 3.05) is 13.2 Å². The lowest BCUT2D eigenvalue weighted by atomic mass is 9.89. The Kier molecular flexibility index (Phi) is 4.59. The van der Waals surface area contributed by atoms with Crippen LogP contribution in [-0.4, -0.2) is 23.2 Å². The van der Waals surface area contributed by atoms with Crippen LogP contribution in [0.1, 0.15) is 41.8 Å². The van der Waals surface area contributed by atoms with Crippen molar-refractivity contribution in [3.63, 3.8) is 0 Å². The summed E-state index contributed by atoms with van der Waals surface area (Å²) in [5.41, 5.74) is 1.23. The molecule has 0 fully saturated rings. The second-order valence-electron chi connectivity index (χ2n) is 7.55. The number of aromatic nitrogens is 2. The van der Waals surface area contributed by atoms with Crippen LogP contribution in [0, 0.1) is 5.92 Å². The molecule has 0 bridgehead atoms. The molecule has 0 amide bonds. The van der Waals surface area contributed by atoms with E-state index >= 15 is 0 Å². The van der Waals surface area contributed by atoms with E-state index in [4.69, 9.17) is 14.5 Å². The van der Waals surface area contributed by atoms with Gasteiger partial charge < -0.3 is 14.5 Å². The van der Waals surface area contributed by atoms with Crippen molar-refractivity contribution in [2.24, 2.45) is 5.92 Å². The van der Waals surface area contributed by atoms with Crippen molar-refractivity contribution in [1.29, 1.82) is 0 Å². The number of fused-ring (bicyclic) bond motifs is 4. The number of aromatic amines is 1. The summed E-state index contributed by atoms with van der Waals surface area (Å²) < 4.78 is 11.3. The number of H-pyrrole nitrogens is 1. The summed E-state index contributed by atoms with van der Waals surface area (Å²) in [4.78, 5) is 24.0. The summed E-state index contributed by atoms with van der Waals surface area (Å²) in [6.07, 6.45) is 3.20. The van der Waals surface area contributed by atoms with Crippen LogP contribution < -0.4 is 15.0 Å². The van der Waals surface area contributed by atoms with Gasteiger partial charge in [-0.2, -0.15) is 0 Å². The molecule has 1 aliphatic carbocycles. The van der Waals surface area contributed by atoms with Crippen LogP contribution in [0.15, 0.2) is 27.9 Å². The van der Waals surface area contributed by atoms with Gasteiger partial charge in [0.15, 0.2) is 11.5 Å². The van der Waals surface area contributed by atoms with Gasteiger partial charge in [0.1, 0.15) is 23.9 Å². The van der Waals surface area contributed by atoms with Crippen molar-refractivity contribution in [3.05, 3.63) is 44.8 Å². The van der Waals surface area contributed by atoms with E-state index in [2.05, 4.69) is 18.8 Å². The van der Waals surface area contributed by atoms with Gasteiger partial charge in [-0.25, -0.2) is 4.98 Å². The minimum Gasteiger partial charge on any atom is -0.486 e. The van der Waals surface area contributed by atoms with Crippen molar-refractivity contribution >= 4 is 33.3 Å². The number of rotatable bonds is 3. The lowest BCUT2D eigenvalue weighted by Gasteiger charge is -2.19. The lowest BCUT2D eigenvalue weighted by molar-refractivity contribution is 0.171. The van der Waals surface area contributed by atoms with E-state index in [0.717, 1.165) is 51.7 Å². The van der Waals surface area contributed by atoms with E-state index in [1.54, 1.807) is 23.1 Å². The highest BCUT2D eigenvalue weighted by Crippen LogP contribution is 2.40. The Morgan fingerprint density at radius 1 is 1.29 bits per heavy atom. The summed E-state index contributed by atoms with van der Waals surface area (Å²) in [6.45, 7) is 5.51. The van der Waals surface area contributed by atoms with Crippen molar-refractivity contribution in [3.8, 4) is 11.5 Å². The molecule has 5 rings (SSSR count). The number of thiophene rings is 1. The van der Waals surface area contributed by atoms with Crippen LogP contribution in [0.5, 0.6) is 11.5 Å². The SMILES string of the molecule is C[C@H]1CCc2c(sc3nc([C@@H](C)Sc4ccc5c(c4)OCCO5)[nH]c(=O)c23)C1. The van der Waals surface area contributed by atoms with Crippen molar-refractivity contribution < 1.29 is 9.47 Å². The van der Waals surface area contributed by atoms with Gasteiger partial charge in [0.2, 0.25) is 0 Å². The Morgan fingerprint density at radius 2 is 2.11 bits per heavy atom. The first-order valence-electron chi connectivity index (χ1n) is 9.69. The standard InChI is InChI=1S/C21H22N2O3S2/c1-11-3-5-14-17(9-11)28-21-18(14)20(24)22-19(23-21)12(2)27-13-4-6-15-16(10-13)26-8-7-25-15/h4,6,10-12H,3,5,7-9H2,1-2H3,(H,22,23,24)/t11-,12+/m0/s1. The molecule has 1 aromatic carbocycles. The molecule has 0 spiro atoms. The van der Waals surface area contributed by atoms with E-state index in [-0.39, 0.29) is 10.8 Å². The van der Waals surface area contributed by atoms with Gasteiger partial charge in [-0.15, -0.1) is 23.1 Å². The zero-order valence-electron chi connectivity index (χ0n) is 15.9. The molecule has 1 aliphatic heterocycles. The van der Waals surface area contributed by atoms with Crippen LogP contribution in [0.25, 0.3) is 10.2 Å². The monoisotopic (exact) mass is 414 g/mol. The molecule has 0 saturated carbocycles. The maximum Gasteiger partial charge on any atom is 0.259 e. The predicted octanol–water partition coefficient (Wildman–Crippen LogP) is 4.73. The van der Waals surface area contributed by atoms with Crippen molar-refractivity contribution in [1.82, 2.24) is 9.97 Å². The fourth-order valence-corrected chi connectivity index (χ4v) is 6.26. The molecule has 2 aromatic heterocycles. The van der Waals surface area contributed by atoms with Gasteiger partial charge in [0.05, 0.1) is 10.6 Å². The smallest absolute Gasteiger partial charge is 0.259 e. The number of thioether (sulfide) groups is 1. The molecule has 1 N–H and O–H groups in total. The minimum atomic E-state index is 0.00155. The summed E-state index contributed by atoms with van der Waals surface area (Å²) in [6, 6.07) is 5.96. The van der Waals surface area contributed by atoms with Gasteiger partial charge in [-0.05, 0) is 55.9 Å². The highest BCUT2D eigenvalue weighted by Gasteiger charge is 2.24. The van der Waals surface area contributed by atoms with Crippen LogP contribution >= 0.6 is 23.1 Å². The Labute approximate surface area is 171 Å². The third-order valence-corrected chi connectivity index (χ3v) is 7.65. The first-order chi connectivity index (χ1) is 13.6. The Bertz CT molecular complexity index is 1100. The molecule has 2 atom stereocenters. The van der Waals surface area contributed by atoms with Crippen LogP contribution in [-0.2, 0) is 12.8 Å². The number of hydrogen-bond donors (Lipinski definition) is 1. The zero-order chi connectivity index (χ0) is 19.3. The highest BCUT2D eigenvalue weighted by molar-refractivity contribution is 7.99. The molecule has 2 aliphatic rings. The quantitative estimate of drug-likeness (QED) is 0.628. The van der Waals surface area contributed by atoms with Gasteiger partial charge in [-0.3, -0.25) is 4.79 Å². The largest absolute Gasteiger partial charge is 0.486 e. The molecule has 146 valence electrons. The molecule has 3 aromatic rings. The molecule has 0 radical (unpaired) electrons. The molecule has 28 heavy (non-hydrogen) atoms. The molecule has 0 saturated heterocycles. The Hall–Kier alpha value is -1.99. The van der Waals surface area contributed by atoms with E-state index in [1.165, 1.54) is 10.4 Å². The molecule has 3 heterocycles. The Balaban J connectivity index is 1.45. The molecular weight excluding hydrogens is 392 g/mol. The van der Waals surface area contributed by atoms with Gasteiger partial charge in [0.25, 0.3) is 5.56 Å². The van der Waals surface area contributed by atoms with Gasteiger partial charge in [-0.1, -0.05) is 6.92 Å². The number of benzene rings is 1. The fraction of sp³-hybridized carbons (Fsp3) is 0.429. The van der Waals surface area contributed by atoms with Crippen molar-refractivity contribution in [2.45, 2.75) is 43.3 Å². The first-order valence-corrected chi connectivity index (χ1v) is 11.4. The average molecular weight is 415 g/mol. The predicted molar refractivity (Wildman–Crippen MR) is 113 cm³/mol. The van der Waals surface area contributed by atoms with Crippen LogP contribution in [0.3, 0.4) is 0 Å². The fourth-order valence-electron chi connectivity index (χ4n) is 3.91. The summed E-state index contributed by atoms with van der Waals surface area (Å²) >= 11 is 3.36. The van der Waals surface area contributed by atoms with Gasteiger partial charge in [0, 0.05) is 9.77 Å². The van der Waals surface area contributed by atoms with Crippen LogP contribution in [0.2, 0.25) is 0 Å². The third kappa shape index (κ3) is 3.20. The number of aryl methyl sites for hydroxylation is 1. The number of nitrogens with one attached hydrogen (secondary N) is 1. The summed E-state index contributed by atoms with van der Waals surface area (Å²) in [5.74, 6) is 2.97. The number of nitrogens with zero attached hydrogens (tertiary/aromatic N) is 1. The molecule has 7 heteroatoms. The van der Waals surface area contributed by atoms with E-state index < -0.39 is 0 Å². The third-order valence-electron chi connectivity index (χ3n) is 5.40. The minimum absolute atomic E-state index is 0.00155. The highest BCUT2D eigenvalue weighted by atomic mass is 32.2. The van der Waals surface area contributed by atoms with Crippen LogP contribution in [0.4, 0.5) is 0 Å². The molecule has 0 unspecified atom stereocenters. The normalized spacial score (nSPS) is 19.4. The molecule has 5 nitrogen and oxygen atoms in total. The lowest BCUT2D eigenvalue weighted by Crippen LogP contribution is -2.15. The Morgan fingerprint density at radius 3 is 2.96 bits per heavy atom. The van der Waals surface area contributed by atoms with E-state index in [1.807, 2.05) is 18.2 Å². The van der Waals surface area contributed by atoms with Gasteiger partial charge >= 0.3 is 0 Å². The zero-order valence-corrected chi connectivity index (χ0v) is 17.5. The first kappa shape index (κ1) is 18.1. The average Bonchev–Trinajstić information content (AvgIpc) is 3.05. The van der Waals surface area contributed by atoms with E-state index in [0.29, 0.717) is 19.1 Å². The van der Waals surface area contributed by atoms with E-state index in [9.17, 15) is 4.79 Å². The second kappa shape index (κ2) is 7.12. The summed E-state index contributed by atoms with van der Waals surface area (Å²) in [5, 5.41) is 0.838. The topological polar surface area (TPSA) is 64.2 Å². The number of ether oxygens (including phenoxy) is 2. The summed E-state index contributed by atoms with van der Waals surface area (Å²) in [7, 11) is 0.